The number of hydrogen-bond acceptors (Lipinski definition) is 5. The first kappa shape index (κ1) is 20.4. The van der Waals surface area contributed by atoms with E-state index in [1.807, 2.05) is 0 Å². The highest BCUT2D eigenvalue weighted by atomic mass is 32.1. The average molecular weight is 420 g/mol. The standard InChI is InChI=1S/C22H29NO5S/c1-3-11-4-9-14-15(10-11)29-20(18(14)22(27)28-2)23-19(24)16-12-5-7-13(8-6-12)17(16)21(25)26/h11-13,16-17H,3-10H2,1-2H3,(H,23,24)(H,25,26)/t11-,12?,13?,16-,17-/m1/s1. The largest absolute Gasteiger partial charge is 0.481 e. The number of amides is 1. The summed E-state index contributed by atoms with van der Waals surface area (Å²) >= 11 is 1.47. The summed E-state index contributed by atoms with van der Waals surface area (Å²) in [5.41, 5.74) is 1.48. The van der Waals surface area contributed by atoms with Gasteiger partial charge in [0.2, 0.25) is 5.91 Å². The zero-order valence-corrected chi connectivity index (χ0v) is 17.8. The molecule has 3 atom stereocenters. The van der Waals surface area contributed by atoms with Crippen LogP contribution in [0.15, 0.2) is 0 Å². The quantitative estimate of drug-likeness (QED) is 0.700. The molecule has 4 aliphatic rings. The van der Waals surface area contributed by atoms with Gasteiger partial charge in [0.1, 0.15) is 5.00 Å². The molecule has 6 nitrogen and oxygen atoms in total. The van der Waals surface area contributed by atoms with Crippen molar-refractivity contribution in [3.8, 4) is 0 Å². The van der Waals surface area contributed by atoms with Crippen LogP contribution in [0.25, 0.3) is 0 Å². The fraction of sp³-hybridized carbons (Fsp3) is 0.682. The molecule has 0 aromatic carbocycles. The summed E-state index contributed by atoms with van der Waals surface area (Å²) in [6.07, 6.45) is 7.47. The monoisotopic (exact) mass is 419 g/mol. The number of rotatable bonds is 5. The van der Waals surface area contributed by atoms with Crippen molar-refractivity contribution in [3.63, 3.8) is 0 Å². The van der Waals surface area contributed by atoms with Gasteiger partial charge in [-0.05, 0) is 68.3 Å². The zero-order chi connectivity index (χ0) is 20.7. The van der Waals surface area contributed by atoms with E-state index >= 15 is 0 Å². The van der Waals surface area contributed by atoms with E-state index in [0.29, 0.717) is 16.5 Å². The Morgan fingerprint density at radius 1 is 1.10 bits per heavy atom. The summed E-state index contributed by atoms with van der Waals surface area (Å²) in [5, 5.41) is 13.3. The molecule has 1 amide bonds. The maximum Gasteiger partial charge on any atom is 0.341 e. The van der Waals surface area contributed by atoms with Crippen molar-refractivity contribution in [1.29, 1.82) is 0 Å². The van der Waals surface area contributed by atoms with Gasteiger partial charge in [0.25, 0.3) is 0 Å². The smallest absolute Gasteiger partial charge is 0.341 e. The highest BCUT2D eigenvalue weighted by molar-refractivity contribution is 7.17. The van der Waals surface area contributed by atoms with E-state index in [4.69, 9.17) is 4.74 Å². The Morgan fingerprint density at radius 3 is 2.34 bits per heavy atom. The van der Waals surface area contributed by atoms with Crippen LogP contribution in [0, 0.1) is 29.6 Å². The molecule has 1 aromatic heterocycles. The fourth-order valence-corrected chi connectivity index (χ4v) is 7.14. The van der Waals surface area contributed by atoms with Crippen molar-refractivity contribution in [2.24, 2.45) is 29.6 Å². The average Bonchev–Trinajstić information content (AvgIpc) is 3.09. The molecule has 3 saturated carbocycles. The molecule has 29 heavy (non-hydrogen) atoms. The van der Waals surface area contributed by atoms with Crippen molar-refractivity contribution >= 4 is 34.2 Å². The first-order chi connectivity index (χ1) is 13.9. The van der Waals surface area contributed by atoms with Gasteiger partial charge in [-0.1, -0.05) is 13.3 Å². The molecule has 7 heteroatoms. The normalized spacial score (nSPS) is 30.5. The lowest BCUT2D eigenvalue weighted by Gasteiger charge is -2.45. The first-order valence-corrected chi connectivity index (χ1v) is 11.5. The van der Waals surface area contributed by atoms with Gasteiger partial charge >= 0.3 is 11.9 Å². The van der Waals surface area contributed by atoms with E-state index in [1.165, 1.54) is 18.4 Å². The highest BCUT2D eigenvalue weighted by Gasteiger charge is 2.50. The van der Waals surface area contributed by atoms with Gasteiger partial charge in [-0.3, -0.25) is 9.59 Å². The number of carboxylic acid groups (broad SMARTS) is 1. The number of methoxy groups -OCH3 is 1. The van der Waals surface area contributed by atoms with E-state index < -0.39 is 23.8 Å². The van der Waals surface area contributed by atoms with Gasteiger partial charge in [0.05, 0.1) is 24.5 Å². The third-order valence-corrected chi connectivity index (χ3v) is 8.55. The van der Waals surface area contributed by atoms with Crippen molar-refractivity contribution in [1.82, 2.24) is 0 Å². The van der Waals surface area contributed by atoms with Crippen LogP contribution in [-0.4, -0.2) is 30.1 Å². The SMILES string of the molecule is CC[C@@H]1CCc2c(sc(NC(=O)[C@@H]3C4CCC(CC4)[C@H]3C(=O)O)c2C(=O)OC)C1. The molecule has 0 aliphatic heterocycles. The number of esters is 1. The first-order valence-electron chi connectivity index (χ1n) is 10.7. The van der Waals surface area contributed by atoms with Crippen molar-refractivity contribution in [2.45, 2.75) is 58.3 Å². The van der Waals surface area contributed by atoms with Gasteiger partial charge < -0.3 is 15.2 Å². The Labute approximate surface area is 175 Å². The van der Waals surface area contributed by atoms with E-state index in [9.17, 15) is 19.5 Å². The number of fused-ring (bicyclic) bond motifs is 4. The van der Waals surface area contributed by atoms with Gasteiger partial charge in [-0.2, -0.15) is 0 Å². The van der Waals surface area contributed by atoms with Crippen LogP contribution in [0.5, 0.6) is 0 Å². The Hall–Kier alpha value is -1.89. The molecule has 5 rings (SSSR count). The number of anilines is 1. The number of nitrogens with one attached hydrogen (secondary N) is 1. The van der Waals surface area contributed by atoms with Crippen molar-refractivity contribution in [3.05, 3.63) is 16.0 Å². The van der Waals surface area contributed by atoms with Gasteiger partial charge in [-0.15, -0.1) is 11.3 Å². The van der Waals surface area contributed by atoms with E-state index in [1.54, 1.807) is 0 Å². The topological polar surface area (TPSA) is 92.7 Å². The van der Waals surface area contributed by atoms with E-state index in [0.717, 1.165) is 61.8 Å². The van der Waals surface area contributed by atoms with Crippen molar-refractivity contribution < 1.29 is 24.2 Å². The Kier molecular flexibility index (Phi) is 5.69. The lowest BCUT2D eigenvalue weighted by molar-refractivity contribution is -0.156. The van der Waals surface area contributed by atoms with E-state index in [-0.39, 0.29) is 17.7 Å². The molecular weight excluding hydrogens is 390 g/mol. The van der Waals surface area contributed by atoms with E-state index in [2.05, 4.69) is 12.2 Å². The summed E-state index contributed by atoms with van der Waals surface area (Å²) in [7, 11) is 1.36. The van der Waals surface area contributed by atoms with Crippen LogP contribution in [0.2, 0.25) is 0 Å². The molecular formula is C22H29NO5S. The number of ether oxygens (including phenoxy) is 1. The maximum atomic E-state index is 13.2. The van der Waals surface area contributed by atoms with Crippen LogP contribution in [0.4, 0.5) is 5.00 Å². The molecule has 0 saturated heterocycles. The number of hydrogen-bond donors (Lipinski definition) is 2. The molecule has 2 bridgehead atoms. The van der Waals surface area contributed by atoms with Crippen LogP contribution in [0.1, 0.15) is 66.2 Å². The third kappa shape index (κ3) is 3.58. The van der Waals surface area contributed by atoms with Crippen molar-refractivity contribution in [2.75, 3.05) is 12.4 Å². The molecule has 0 radical (unpaired) electrons. The minimum Gasteiger partial charge on any atom is -0.481 e. The lowest BCUT2D eigenvalue weighted by atomic mass is 9.58. The molecule has 1 aromatic rings. The molecule has 1 heterocycles. The number of thiophene rings is 1. The minimum absolute atomic E-state index is 0.0789. The molecule has 0 unspecified atom stereocenters. The molecule has 2 N–H and O–H groups in total. The van der Waals surface area contributed by atoms with Crippen LogP contribution >= 0.6 is 11.3 Å². The number of aliphatic carboxylic acids is 1. The Morgan fingerprint density at radius 2 is 1.76 bits per heavy atom. The predicted octanol–water partition coefficient (Wildman–Crippen LogP) is 4.13. The third-order valence-electron chi connectivity index (χ3n) is 7.38. The predicted molar refractivity (Wildman–Crippen MR) is 110 cm³/mol. The number of carbonyl (C=O) groups is 3. The van der Waals surface area contributed by atoms with Gasteiger partial charge in [-0.25, -0.2) is 4.79 Å². The van der Waals surface area contributed by atoms with Crippen LogP contribution in [0.3, 0.4) is 0 Å². The molecule has 3 fully saturated rings. The lowest BCUT2D eigenvalue weighted by Crippen LogP contribution is -2.49. The van der Waals surface area contributed by atoms with Crippen LogP contribution in [-0.2, 0) is 27.2 Å². The molecule has 158 valence electrons. The number of carboxylic acids is 1. The second kappa shape index (κ2) is 8.09. The second-order valence-electron chi connectivity index (χ2n) is 8.77. The summed E-state index contributed by atoms with van der Waals surface area (Å²) in [4.78, 5) is 38.8. The summed E-state index contributed by atoms with van der Waals surface area (Å²) in [5.74, 6) is -1.90. The Balaban J connectivity index is 1.63. The zero-order valence-electron chi connectivity index (χ0n) is 17.0. The number of carbonyl (C=O) groups excluding carboxylic acids is 2. The molecule has 4 aliphatic carbocycles. The fourth-order valence-electron chi connectivity index (χ4n) is 5.79. The van der Waals surface area contributed by atoms with Crippen LogP contribution < -0.4 is 5.32 Å². The summed E-state index contributed by atoms with van der Waals surface area (Å²) < 4.78 is 5.01. The maximum absolute atomic E-state index is 13.2. The highest BCUT2D eigenvalue weighted by Crippen LogP contribution is 2.50. The second-order valence-corrected chi connectivity index (χ2v) is 9.88. The van der Waals surface area contributed by atoms with Gasteiger partial charge in [0.15, 0.2) is 0 Å². The minimum atomic E-state index is -0.871. The molecule has 0 spiro atoms. The summed E-state index contributed by atoms with van der Waals surface area (Å²) in [6, 6.07) is 0. The Bertz CT molecular complexity index is 823. The summed E-state index contributed by atoms with van der Waals surface area (Å²) in [6.45, 7) is 2.18. The van der Waals surface area contributed by atoms with Gasteiger partial charge in [0, 0.05) is 4.88 Å².